The lowest BCUT2D eigenvalue weighted by molar-refractivity contribution is -0.770. The van der Waals surface area contributed by atoms with Gasteiger partial charge in [-0.15, -0.1) is 0 Å². The van der Waals surface area contributed by atoms with Crippen LogP contribution < -0.4 is 5.73 Å². The lowest BCUT2D eigenvalue weighted by Crippen LogP contribution is -2.18. The molecule has 0 unspecified atom stereocenters. The molecule has 0 bridgehead atoms. The molecule has 0 fully saturated rings. The zero-order chi connectivity index (χ0) is 5.28. The van der Waals surface area contributed by atoms with E-state index < -0.39 is 0 Å². The molecule has 0 aliphatic carbocycles. The van der Waals surface area contributed by atoms with Crippen molar-refractivity contribution in [3.8, 4) is 0 Å². The molecule has 0 spiro atoms. The van der Waals surface area contributed by atoms with Crippen LogP contribution in [0.5, 0.6) is 0 Å². The van der Waals surface area contributed by atoms with Gasteiger partial charge < -0.3 is 5.21 Å². The summed E-state index contributed by atoms with van der Waals surface area (Å²) in [6.45, 7) is 0.700. The highest BCUT2D eigenvalue weighted by molar-refractivity contribution is 5.75. The lowest BCUT2D eigenvalue weighted by Gasteiger charge is -1.83. The first kappa shape index (κ1) is 4.43. The predicted molar refractivity (Wildman–Crippen MR) is 25.3 cm³/mol. The second-order valence-corrected chi connectivity index (χ2v) is 1.72. The van der Waals surface area contributed by atoms with Crippen LogP contribution in [0.1, 0.15) is 12.8 Å². The van der Waals surface area contributed by atoms with Gasteiger partial charge in [0.25, 0.3) is 5.84 Å². The third kappa shape index (κ3) is 0.656. The van der Waals surface area contributed by atoms with Crippen molar-refractivity contribution < 1.29 is 9.95 Å². The van der Waals surface area contributed by atoms with E-state index in [9.17, 15) is 0 Å². The van der Waals surface area contributed by atoms with Crippen LogP contribution in [0.15, 0.2) is 0 Å². The number of rotatable bonds is 0. The maximum atomic E-state index is 8.67. The molecule has 0 aromatic heterocycles. The fourth-order valence-electron chi connectivity index (χ4n) is 0.683. The van der Waals surface area contributed by atoms with Crippen molar-refractivity contribution in [2.24, 2.45) is 5.73 Å². The first-order valence-electron chi connectivity index (χ1n) is 2.38. The molecule has 0 aromatic carbocycles. The summed E-state index contributed by atoms with van der Waals surface area (Å²) in [5, 5.41) is 8.67. The Kier molecular flexibility index (Phi) is 0.889. The van der Waals surface area contributed by atoms with Gasteiger partial charge in [0.15, 0.2) is 0 Å². The molecule has 1 aliphatic heterocycles. The Morgan fingerprint density at radius 3 is 2.57 bits per heavy atom. The minimum absolute atomic E-state index is 0.597. The fourth-order valence-corrected chi connectivity index (χ4v) is 0.683. The Bertz CT molecular complexity index is 96.3. The highest BCUT2D eigenvalue weighted by Crippen LogP contribution is 1.96. The SMILES string of the molecule is NC1=[N+](O)CCC1. The standard InChI is InChI=1S/C4H8N2O/c5-4-2-1-3-6(4)7/h5,7H,1-3H2/p+1. The van der Waals surface area contributed by atoms with Crippen molar-refractivity contribution in [3.63, 3.8) is 0 Å². The topological polar surface area (TPSA) is 49.3 Å². The molecule has 1 heterocycles. The Hall–Kier alpha value is -0.730. The van der Waals surface area contributed by atoms with Gasteiger partial charge in [0.1, 0.15) is 6.54 Å². The van der Waals surface area contributed by atoms with Gasteiger partial charge in [-0.25, -0.2) is 0 Å². The summed E-state index contributed by atoms with van der Waals surface area (Å²) in [5.74, 6) is 0.597. The van der Waals surface area contributed by atoms with E-state index in [4.69, 9.17) is 10.9 Å². The van der Waals surface area contributed by atoms with Crippen LogP contribution >= 0.6 is 0 Å². The summed E-state index contributed by atoms with van der Waals surface area (Å²) in [6, 6.07) is 0. The Balaban J connectivity index is 2.64. The van der Waals surface area contributed by atoms with E-state index in [0.29, 0.717) is 12.4 Å². The molecule has 1 rings (SSSR count). The largest absolute Gasteiger partial charge is 0.355 e. The zero-order valence-electron chi connectivity index (χ0n) is 4.09. The number of nitrogens with zero attached hydrogens (tertiary/aromatic N) is 1. The quantitative estimate of drug-likeness (QED) is 0.320. The number of hydrogen-bond donors (Lipinski definition) is 2. The van der Waals surface area contributed by atoms with E-state index in [1.54, 1.807) is 0 Å². The monoisotopic (exact) mass is 101 g/mol. The molecule has 3 heteroatoms. The van der Waals surface area contributed by atoms with Crippen LogP contribution in [0.2, 0.25) is 0 Å². The minimum atomic E-state index is 0.597. The normalized spacial score (nSPS) is 21.1. The van der Waals surface area contributed by atoms with Crippen molar-refractivity contribution in [1.29, 1.82) is 0 Å². The molecule has 0 saturated carbocycles. The molecule has 7 heavy (non-hydrogen) atoms. The maximum Gasteiger partial charge on any atom is 0.281 e. The first-order valence-corrected chi connectivity index (χ1v) is 2.38. The van der Waals surface area contributed by atoms with Crippen molar-refractivity contribution in [2.45, 2.75) is 12.8 Å². The second-order valence-electron chi connectivity index (χ2n) is 1.72. The highest BCUT2D eigenvalue weighted by atomic mass is 16.5. The first-order chi connectivity index (χ1) is 3.30. The Morgan fingerprint density at radius 2 is 2.43 bits per heavy atom. The molecule has 1 aliphatic rings. The molecule has 3 N–H and O–H groups in total. The van der Waals surface area contributed by atoms with Crippen LogP contribution in [0.3, 0.4) is 0 Å². The number of amidine groups is 1. The molecule has 40 valence electrons. The van der Waals surface area contributed by atoms with Gasteiger partial charge in [0, 0.05) is 6.42 Å². The van der Waals surface area contributed by atoms with Crippen LogP contribution in [0.25, 0.3) is 0 Å². The molecule has 0 radical (unpaired) electrons. The van der Waals surface area contributed by atoms with Gasteiger partial charge in [-0.1, -0.05) is 4.74 Å². The summed E-state index contributed by atoms with van der Waals surface area (Å²) in [4.78, 5) is 0. The van der Waals surface area contributed by atoms with E-state index in [2.05, 4.69) is 0 Å². The smallest absolute Gasteiger partial charge is 0.281 e. The average Bonchev–Trinajstić information content (AvgIpc) is 1.91. The summed E-state index contributed by atoms with van der Waals surface area (Å²) in [5.41, 5.74) is 5.27. The minimum Gasteiger partial charge on any atom is -0.355 e. The van der Waals surface area contributed by atoms with Crippen LogP contribution in [0, 0.1) is 0 Å². The van der Waals surface area contributed by atoms with E-state index in [1.165, 1.54) is 0 Å². The van der Waals surface area contributed by atoms with Gasteiger partial charge in [0.05, 0.1) is 6.42 Å². The third-order valence-electron chi connectivity index (χ3n) is 1.13. The van der Waals surface area contributed by atoms with E-state index in [0.717, 1.165) is 17.6 Å². The molecule has 0 atom stereocenters. The maximum absolute atomic E-state index is 8.67. The van der Waals surface area contributed by atoms with Crippen molar-refractivity contribution in [2.75, 3.05) is 6.54 Å². The second kappa shape index (κ2) is 1.40. The van der Waals surface area contributed by atoms with Crippen LogP contribution in [-0.4, -0.2) is 22.3 Å². The summed E-state index contributed by atoms with van der Waals surface area (Å²) >= 11 is 0. The molecule has 0 saturated heterocycles. The Morgan fingerprint density at radius 1 is 1.71 bits per heavy atom. The van der Waals surface area contributed by atoms with Crippen molar-refractivity contribution >= 4 is 5.84 Å². The van der Waals surface area contributed by atoms with Gasteiger partial charge >= 0.3 is 0 Å². The van der Waals surface area contributed by atoms with Crippen LogP contribution in [-0.2, 0) is 0 Å². The average molecular weight is 101 g/mol. The fraction of sp³-hybridized carbons (Fsp3) is 0.750. The van der Waals surface area contributed by atoms with Gasteiger partial charge in [-0.3, -0.25) is 5.73 Å². The molecule has 0 amide bonds. The summed E-state index contributed by atoms with van der Waals surface area (Å²) in [7, 11) is 0. The Labute approximate surface area is 42.0 Å². The molecule has 0 aromatic rings. The van der Waals surface area contributed by atoms with Gasteiger partial charge in [-0.05, 0) is 0 Å². The lowest BCUT2D eigenvalue weighted by atomic mass is 10.3. The number of nitrogens with two attached hydrogens (primary N) is 1. The molecule has 3 nitrogen and oxygen atoms in total. The van der Waals surface area contributed by atoms with E-state index >= 15 is 0 Å². The number of hydroxylamine groups is 1. The number of hydrogen-bond acceptors (Lipinski definition) is 2. The zero-order valence-corrected chi connectivity index (χ0v) is 4.09. The van der Waals surface area contributed by atoms with Gasteiger partial charge in [0.2, 0.25) is 0 Å². The molecular weight excluding hydrogens is 92.1 g/mol. The third-order valence-corrected chi connectivity index (χ3v) is 1.13. The van der Waals surface area contributed by atoms with Crippen molar-refractivity contribution in [1.82, 2.24) is 0 Å². The van der Waals surface area contributed by atoms with E-state index in [1.807, 2.05) is 0 Å². The summed E-state index contributed by atoms with van der Waals surface area (Å²) in [6.07, 6.45) is 1.83. The van der Waals surface area contributed by atoms with E-state index in [-0.39, 0.29) is 0 Å². The molecular formula is C4H9N2O+. The predicted octanol–water partition coefficient (Wildman–Crippen LogP) is -0.461. The van der Waals surface area contributed by atoms with Gasteiger partial charge in [-0.2, -0.15) is 0 Å². The summed E-state index contributed by atoms with van der Waals surface area (Å²) < 4.78 is 1.10. The highest BCUT2D eigenvalue weighted by Gasteiger charge is 2.14. The van der Waals surface area contributed by atoms with Crippen molar-refractivity contribution in [3.05, 3.63) is 0 Å². The van der Waals surface area contributed by atoms with Crippen LogP contribution in [0.4, 0.5) is 0 Å².